The van der Waals surface area contributed by atoms with Crippen LogP contribution in [0.4, 0.5) is 16.5 Å². The van der Waals surface area contributed by atoms with E-state index in [4.69, 9.17) is 16.3 Å². The van der Waals surface area contributed by atoms with Gasteiger partial charge in [0.25, 0.3) is 5.91 Å². The Morgan fingerprint density at radius 2 is 1.91 bits per heavy atom. The van der Waals surface area contributed by atoms with E-state index < -0.39 is 5.91 Å². The van der Waals surface area contributed by atoms with Gasteiger partial charge < -0.3 is 15.0 Å². The number of aryl methyl sites for hydroxylation is 1. The first-order chi connectivity index (χ1) is 16.2. The summed E-state index contributed by atoms with van der Waals surface area (Å²) >= 11 is 7.43. The molecule has 3 aromatic rings. The molecule has 1 aliphatic rings. The number of halogens is 1. The summed E-state index contributed by atoms with van der Waals surface area (Å²) in [5.74, 6) is -0.634. The molecule has 1 fully saturated rings. The second-order valence-corrected chi connectivity index (χ2v) is 9.27. The lowest BCUT2D eigenvalue weighted by Gasteiger charge is -2.16. The SMILES string of the molecule is COc1cc(NC(C)=O)c(Cl)cc1C(=O)Nc1nnc(C2CC(=O)N(c3ccc(C)cc3)C2)s1. The molecule has 0 saturated carbocycles. The van der Waals surface area contributed by atoms with E-state index in [0.717, 1.165) is 11.3 Å². The summed E-state index contributed by atoms with van der Waals surface area (Å²) in [5.41, 5.74) is 2.49. The van der Waals surface area contributed by atoms with Crippen LogP contribution >= 0.6 is 22.9 Å². The molecular formula is C23H22ClN5O4S. The molecule has 4 rings (SSSR count). The standard InChI is InChI=1S/C23H22ClN5O4S/c1-12-4-6-15(7-5-12)29-11-14(8-20(29)31)22-27-28-23(34-22)26-21(32)16-9-17(24)18(25-13(2)30)10-19(16)33-3/h4-7,9-10,14H,8,11H2,1-3H3,(H,25,30)(H,26,28,32). The fourth-order valence-electron chi connectivity index (χ4n) is 3.65. The van der Waals surface area contributed by atoms with Gasteiger partial charge in [-0.05, 0) is 25.1 Å². The number of amides is 3. The third kappa shape index (κ3) is 5.02. The van der Waals surface area contributed by atoms with Gasteiger partial charge in [-0.15, -0.1) is 10.2 Å². The molecule has 9 nitrogen and oxygen atoms in total. The number of nitrogens with zero attached hydrogens (tertiary/aromatic N) is 3. The zero-order chi connectivity index (χ0) is 24.4. The van der Waals surface area contributed by atoms with Crippen molar-refractivity contribution in [2.45, 2.75) is 26.2 Å². The molecule has 1 aliphatic heterocycles. The van der Waals surface area contributed by atoms with Gasteiger partial charge in [0.05, 0.1) is 23.4 Å². The normalized spacial score (nSPS) is 15.4. The highest BCUT2D eigenvalue weighted by atomic mass is 35.5. The molecular weight excluding hydrogens is 478 g/mol. The topological polar surface area (TPSA) is 114 Å². The van der Waals surface area contributed by atoms with Crippen molar-refractivity contribution >= 4 is 57.2 Å². The molecule has 1 saturated heterocycles. The summed E-state index contributed by atoms with van der Waals surface area (Å²) in [6.45, 7) is 3.85. The number of aromatic nitrogens is 2. The zero-order valence-electron chi connectivity index (χ0n) is 18.7. The van der Waals surface area contributed by atoms with Crippen molar-refractivity contribution in [1.82, 2.24) is 10.2 Å². The lowest BCUT2D eigenvalue weighted by atomic mass is 10.1. The van der Waals surface area contributed by atoms with E-state index >= 15 is 0 Å². The van der Waals surface area contributed by atoms with Crippen molar-refractivity contribution in [2.75, 3.05) is 29.2 Å². The Hall–Kier alpha value is -3.50. The van der Waals surface area contributed by atoms with Gasteiger partial charge in [-0.2, -0.15) is 0 Å². The predicted octanol–water partition coefficient (Wildman–Crippen LogP) is 4.24. The smallest absolute Gasteiger partial charge is 0.261 e. The van der Waals surface area contributed by atoms with E-state index in [1.54, 1.807) is 4.90 Å². The summed E-state index contributed by atoms with van der Waals surface area (Å²) in [6.07, 6.45) is 0.324. The fraction of sp³-hybridized carbons (Fsp3) is 0.261. The van der Waals surface area contributed by atoms with Gasteiger partial charge in [0, 0.05) is 37.6 Å². The van der Waals surface area contributed by atoms with E-state index in [1.165, 1.54) is 37.5 Å². The molecule has 2 N–H and O–H groups in total. The van der Waals surface area contributed by atoms with Gasteiger partial charge >= 0.3 is 0 Å². The maximum atomic E-state index is 12.9. The number of nitrogens with one attached hydrogen (secondary N) is 2. The first-order valence-electron chi connectivity index (χ1n) is 10.4. The Kier molecular flexibility index (Phi) is 6.80. The van der Waals surface area contributed by atoms with Crippen molar-refractivity contribution in [3.8, 4) is 5.75 Å². The van der Waals surface area contributed by atoms with Crippen LogP contribution in [0.2, 0.25) is 5.02 Å². The van der Waals surface area contributed by atoms with Crippen LogP contribution in [0.15, 0.2) is 36.4 Å². The Balaban J connectivity index is 1.47. The van der Waals surface area contributed by atoms with Crippen LogP contribution in [0.5, 0.6) is 5.75 Å². The summed E-state index contributed by atoms with van der Waals surface area (Å²) in [5, 5.41) is 14.7. The molecule has 0 aliphatic carbocycles. The molecule has 0 bridgehead atoms. The highest BCUT2D eigenvalue weighted by molar-refractivity contribution is 7.15. The largest absolute Gasteiger partial charge is 0.496 e. The highest BCUT2D eigenvalue weighted by Crippen LogP contribution is 2.35. The number of hydrogen-bond acceptors (Lipinski definition) is 7. The summed E-state index contributed by atoms with van der Waals surface area (Å²) in [7, 11) is 1.41. The Morgan fingerprint density at radius 1 is 1.18 bits per heavy atom. The summed E-state index contributed by atoms with van der Waals surface area (Å²) < 4.78 is 5.29. The van der Waals surface area contributed by atoms with E-state index in [-0.39, 0.29) is 34.1 Å². The lowest BCUT2D eigenvalue weighted by molar-refractivity contribution is -0.117. The molecule has 1 unspecified atom stereocenters. The average molecular weight is 500 g/mol. The average Bonchev–Trinajstić information content (AvgIpc) is 3.41. The van der Waals surface area contributed by atoms with Crippen LogP contribution in [-0.4, -0.2) is 41.6 Å². The van der Waals surface area contributed by atoms with E-state index in [2.05, 4.69) is 20.8 Å². The molecule has 0 radical (unpaired) electrons. The number of carbonyl (C=O) groups is 3. The lowest BCUT2D eigenvalue weighted by Crippen LogP contribution is -2.24. The van der Waals surface area contributed by atoms with Crippen LogP contribution in [0.25, 0.3) is 0 Å². The Morgan fingerprint density at radius 3 is 2.59 bits per heavy atom. The van der Waals surface area contributed by atoms with Gasteiger partial charge in [0.2, 0.25) is 16.9 Å². The van der Waals surface area contributed by atoms with Gasteiger partial charge in [-0.1, -0.05) is 40.6 Å². The van der Waals surface area contributed by atoms with Crippen molar-refractivity contribution < 1.29 is 19.1 Å². The number of anilines is 3. The molecule has 34 heavy (non-hydrogen) atoms. The molecule has 2 heterocycles. The summed E-state index contributed by atoms with van der Waals surface area (Å²) in [6, 6.07) is 10.7. The second kappa shape index (κ2) is 9.78. The molecule has 11 heteroatoms. The molecule has 1 aromatic heterocycles. The van der Waals surface area contributed by atoms with Gasteiger partial charge in [0.1, 0.15) is 10.8 Å². The maximum absolute atomic E-state index is 12.9. The first-order valence-corrected chi connectivity index (χ1v) is 11.6. The molecule has 0 spiro atoms. The third-order valence-corrected chi connectivity index (χ3v) is 6.64. The maximum Gasteiger partial charge on any atom is 0.261 e. The second-order valence-electron chi connectivity index (χ2n) is 7.85. The van der Waals surface area contributed by atoms with Crippen molar-refractivity contribution in [2.24, 2.45) is 0 Å². The number of carbonyl (C=O) groups excluding carboxylic acids is 3. The van der Waals surface area contributed by atoms with E-state index in [9.17, 15) is 14.4 Å². The van der Waals surface area contributed by atoms with Crippen LogP contribution in [0, 0.1) is 6.92 Å². The number of benzene rings is 2. The van der Waals surface area contributed by atoms with Crippen LogP contribution in [0.3, 0.4) is 0 Å². The Bertz CT molecular complexity index is 1260. The van der Waals surface area contributed by atoms with Crippen molar-refractivity contribution in [3.05, 3.63) is 57.6 Å². The van der Waals surface area contributed by atoms with Crippen molar-refractivity contribution in [1.29, 1.82) is 0 Å². The van der Waals surface area contributed by atoms with Gasteiger partial charge in [0.15, 0.2) is 0 Å². The molecule has 3 amide bonds. The molecule has 176 valence electrons. The van der Waals surface area contributed by atoms with E-state index in [1.807, 2.05) is 31.2 Å². The zero-order valence-corrected chi connectivity index (χ0v) is 20.3. The molecule has 1 atom stereocenters. The quantitative estimate of drug-likeness (QED) is 0.524. The van der Waals surface area contributed by atoms with Crippen LogP contribution < -0.4 is 20.3 Å². The van der Waals surface area contributed by atoms with E-state index in [0.29, 0.717) is 28.8 Å². The van der Waals surface area contributed by atoms with Gasteiger partial charge in [-0.25, -0.2) is 0 Å². The summed E-state index contributed by atoms with van der Waals surface area (Å²) in [4.78, 5) is 38.5. The van der Waals surface area contributed by atoms with Gasteiger partial charge in [-0.3, -0.25) is 19.7 Å². The fourth-order valence-corrected chi connectivity index (χ4v) is 4.69. The minimum Gasteiger partial charge on any atom is -0.496 e. The number of rotatable bonds is 6. The van der Waals surface area contributed by atoms with Crippen LogP contribution in [0.1, 0.15) is 40.2 Å². The minimum absolute atomic E-state index is 0.0216. The number of hydrogen-bond donors (Lipinski definition) is 2. The molecule has 2 aromatic carbocycles. The minimum atomic E-state index is -0.486. The van der Waals surface area contributed by atoms with Crippen molar-refractivity contribution in [3.63, 3.8) is 0 Å². The Labute approximate surface area is 205 Å². The predicted molar refractivity (Wildman–Crippen MR) is 131 cm³/mol. The third-order valence-electron chi connectivity index (χ3n) is 5.33. The number of ether oxygens (including phenoxy) is 1. The monoisotopic (exact) mass is 499 g/mol. The first kappa shape index (κ1) is 23.7. The number of methoxy groups -OCH3 is 1. The highest BCUT2D eigenvalue weighted by Gasteiger charge is 2.34. The van der Waals surface area contributed by atoms with Crippen LogP contribution in [-0.2, 0) is 9.59 Å².